The Hall–Kier alpha value is -1.48. The lowest BCUT2D eigenvalue weighted by molar-refractivity contribution is 0.251. The fourth-order valence-corrected chi connectivity index (χ4v) is 3.08. The summed E-state index contributed by atoms with van der Waals surface area (Å²) in [7, 11) is 1.70. The SMILES string of the molecule is CC=Cc1ccc(OCCCCN2CCCCCC2)c(OC)c1. The van der Waals surface area contributed by atoms with Gasteiger partial charge in [-0.05, 0) is 69.9 Å². The van der Waals surface area contributed by atoms with Crippen molar-refractivity contribution in [3.63, 3.8) is 0 Å². The largest absolute Gasteiger partial charge is 0.493 e. The summed E-state index contributed by atoms with van der Waals surface area (Å²) in [5, 5.41) is 0. The number of nitrogens with zero attached hydrogens (tertiary/aromatic N) is 1. The molecule has 1 aliphatic rings. The second kappa shape index (κ2) is 10.3. The topological polar surface area (TPSA) is 21.7 Å². The molecule has 0 N–H and O–H groups in total. The van der Waals surface area contributed by atoms with Gasteiger partial charge >= 0.3 is 0 Å². The Kier molecular flexibility index (Phi) is 8.02. The van der Waals surface area contributed by atoms with Crippen molar-refractivity contribution in [2.45, 2.75) is 45.4 Å². The first kappa shape index (κ1) is 17.9. The maximum atomic E-state index is 5.91. The highest BCUT2D eigenvalue weighted by Gasteiger charge is 2.08. The van der Waals surface area contributed by atoms with Gasteiger partial charge in [-0.2, -0.15) is 0 Å². The highest BCUT2D eigenvalue weighted by Crippen LogP contribution is 2.28. The van der Waals surface area contributed by atoms with Gasteiger partial charge in [0.2, 0.25) is 0 Å². The van der Waals surface area contributed by atoms with Crippen LogP contribution in [-0.4, -0.2) is 38.3 Å². The normalized spacial score (nSPS) is 16.4. The zero-order chi connectivity index (χ0) is 16.3. The van der Waals surface area contributed by atoms with E-state index in [2.05, 4.69) is 17.0 Å². The van der Waals surface area contributed by atoms with Gasteiger partial charge < -0.3 is 14.4 Å². The molecule has 0 spiro atoms. The van der Waals surface area contributed by atoms with Crippen molar-refractivity contribution < 1.29 is 9.47 Å². The van der Waals surface area contributed by atoms with Crippen LogP contribution in [0.4, 0.5) is 0 Å². The summed E-state index contributed by atoms with van der Waals surface area (Å²) >= 11 is 0. The summed E-state index contributed by atoms with van der Waals surface area (Å²) in [4.78, 5) is 2.61. The quantitative estimate of drug-likeness (QED) is 0.645. The average molecular weight is 317 g/mol. The summed E-state index contributed by atoms with van der Waals surface area (Å²) in [5.74, 6) is 1.66. The standard InChI is InChI=1S/C20H31NO2/c1-3-10-18-11-12-19(20(17-18)22-2)23-16-9-8-15-21-13-6-4-5-7-14-21/h3,10-12,17H,4-9,13-16H2,1-2H3. The monoisotopic (exact) mass is 317 g/mol. The first-order valence-corrected chi connectivity index (χ1v) is 8.99. The molecule has 0 bridgehead atoms. The molecule has 1 aliphatic heterocycles. The van der Waals surface area contributed by atoms with Crippen LogP contribution in [0.15, 0.2) is 24.3 Å². The number of methoxy groups -OCH3 is 1. The second-order valence-corrected chi connectivity index (χ2v) is 6.22. The van der Waals surface area contributed by atoms with E-state index >= 15 is 0 Å². The molecule has 23 heavy (non-hydrogen) atoms. The molecule has 0 radical (unpaired) electrons. The van der Waals surface area contributed by atoms with E-state index in [9.17, 15) is 0 Å². The number of likely N-dealkylation sites (tertiary alicyclic amines) is 1. The first-order valence-electron chi connectivity index (χ1n) is 8.99. The number of rotatable bonds is 8. The summed E-state index contributed by atoms with van der Waals surface area (Å²) in [6.45, 7) is 6.54. The Morgan fingerprint density at radius 3 is 2.52 bits per heavy atom. The molecule has 1 heterocycles. The molecule has 1 aromatic rings. The first-order chi connectivity index (χ1) is 11.3. The van der Waals surface area contributed by atoms with Crippen molar-refractivity contribution in [1.82, 2.24) is 4.90 Å². The summed E-state index contributed by atoms with van der Waals surface area (Å²) < 4.78 is 11.3. The van der Waals surface area contributed by atoms with Crippen LogP contribution >= 0.6 is 0 Å². The molecular weight excluding hydrogens is 286 g/mol. The summed E-state index contributed by atoms with van der Waals surface area (Å²) in [5.41, 5.74) is 1.14. The van der Waals surface area contributed by atoms with Crippen molar-refractivity contribution in [2.75, 3.05) is 33.4 Å². The van der Waals surface area contributed by atoms with E-state index in [0.717, 1.165) is 30.1 Å². The van der Waals surface area contributed by atoms with E-state index in [4.69, 9.17) is 9.47 Å². The Labute approximate surface area is 141 Å². The molecule has 0 aliphatic carbocycles. The average Bonchev–Trinajstić information content (AvgIpc) is 2.84. The molecule has 0 unspecified atom stereocenters. The third-order valence-corrected chi connectivity index (χ3v) is 4.37. The van der Waals surface area contributed by atoms with E-state index in [-0.39, 0.29) is 0 Å². The van der Waals surface area contributed by atoms with E-state index in [1.54, 1.807) is 7.11 Å². The number of ether oxygens (including phenoxy) is 2. The zero-order valence-corrected chi connectivity index (χ0v) is 14.7. The maximum absolute atomic E-state index is 5.91. The minimum absolute atomic E-state index is 0.757. The predicted octanol–water partition coefficient (Wildman–Crippen LogP) is 4.76. The molecule has 1 saturated heterocycles. The van der Waals surface area contributed by atoms with Crippen LogP contribution < -0.4 is 9.47 Å². The molecule has 1 fully saturated rings. The zero-order valence-electron chi connectivity index (χ0n) is 14.7. The molecule has 0 amide bonds. The maximum Gasteiger partial charge on any atom is 0.161 e. The lowest BCUT2D eigenvalue weighted by atomic mass is 10.2. The minimum atomic E-state index is 0.757. The van der Waals surface area contributed by atoms with Gasteiger partial charge in [-0.1, -0.05) is 31.1 Å². The van der Waals surface area contributed by atoms with Crippen LogP contribution in [0.25, 0.3) is 6.08 Å². The van der Waals surface area contributed by atoms with E-state index in [1.165, 1.54) is 51.7 Å². The smallest absolute Gasteiger partial charge is 0.161 e. The van der Waals surface area contributed by atoms with Crippen molar-refractivity contribution in [1.29, 1.82) is 0 Å². The van der Waals surface area contributed by atoms with E-state index in [0.29, 0.717) is 0 Å². The van der Waals surface area contributed by atoms with Crippen molar-refractivity contribution >= 4 is 6.08 Å². The molecule has 128 valence electrons. The molecule has 3 nitrogen and oxygen atoms in total. The van der Waals surface area contributed by atoms with Crippen molar-refractivity contribution in [3.8, 4) is 11.5 Å². The number of benzene rings is 1. The van der Waals surface area contributed by atoms with Gasteiger partial charge in [0, 0.05) is 0 Å². The molecule has 3 heteroatoms. The van der Waals surface area contributed by atoms with Gasteiger partial charge in [0.05, 0.1) is 13.7 Å². The predicted molar refractivity (Wildman–Crippen MR) is 97.3 cm³/mol. The second-order valence-electron chi connectivity index (χ2n) is 6.22. The fourth-order valence-electron chi connectivity index (χ4n) is 3.08. The lowest BCUT2D eigenvalue weighted by Gasteiger charge is -2.19. The number of unbranched alkanes of at least 4 members (excludes halogenated alkanes) is 1. The number of hydrogen-bond acceptors (Lipinski definition) is 3. The molecule has 0 atom stereocenters. The Morgan fingerprint density at radius 2 is 1.83 bits per heavy atom. The minimum Gasteiger partial charge on any atom is -0.493 e. The Balaban J connectivity index is 1.71. The van der Waals surface area contributed by atoms with Crippen molar-refractivity contribution in [2.24, 2.45) is 0 Å². The third kappa shape index (κ3) is 6.26. The van der Waals surface area contributed by atoms with Gasteiger partial charge in [0.15, 0.2) is 11.5 Å². The van der Waals surface area contributed by atoms with Gasteiger partial charge in [-0.3, -0.25) is 0 Å². The summed E-state index contributed by atoms with van der Waals surface area (Å²) in [6.07, 6.45) is 11.9. The Bertz CT molecular complexity index is 477. The molecule has 2 rings (SSSR count). The van der Waals surface area contributed by atoms with Crippen LogP contribution in [0.1, 0.15) is 51.0 Å². The highest BCUT2D eigenvalue weighted by molar-refractivity contribution is 5.55. The van der Waals surface area contributed by atoms with Crippen LogP contribution in [-0.2, 0) is 0 Å². The van der Waals surface area contributed by atoms with E-state index < -0.39 is 0 Å². The van der Waals surface area contributed by atoms with Gasteiger partial charge in [-0.15, -0.1) is 0 Å². The van der Waals surface area contributed by atoms with Crippen LogP contribution in [0.2, 0.25) is 0 Å². The molecule has 1 aromatic carbocycles. The van der Waals surface area contributed by atoms with Crippen molar-refractivity contribution in [3.05, 3.63) is 29.8 Å². The summed E-state index contributed by atoms with van der Waals surface area (Å²) in [6, 6.07) is 6.09. The third-order valence-electron chi connectivity index (χ3n) is 4.37. The Morgan fingerprint density at radius 1 is 1.04 bits per heavy atom. The van der Waals surface area contributed by atoms with Crippen LogP contribution in [0.5, 0.6) is 11.5 Å². The molecule has 0 saturated carbocycles. The molecule has 0 aromatic heterocycles. The van der Waals surface area contributed by atoms with Gasteiger partial charge in [0.25, 0.3) is 0 Å². The van der Waals surface area contributed by atoms with Crippen LogP contribution in [0.3, 0.4) is 0 Å². The number of allylic oxidation sites excluding steroid dienone is 1. The lowest BCUT2D eigenvalue weighted by Crippen LogP contribution is -2.25. The van der Waals surface area contributed by atoms with Gasteiger partial charge in [0.1, 0.15) is 0 Å². The number of hydrogen-bond donors (Lipinski definition) is 0. The van der Waals surface area contributed by atoms with Gasteiger partial charge in [-0.25, -0.2) is 0 Å². The fraction of sp³-hybridized carbons (Fsp3) is 0.600. The van der Waals surface area contributed by atoms with E-state index in [1.807, 2.05) is 25.1 Å². The molecular formula is C20H31NO2. The highest BCUT2D eigenvalue weighted by atomic mass is 16.5. The van der Waals surface area contributed by atoms with Crippen LogP contribution in [0, 0.1) is 0 Å².